The summed E-state index contributed by atoms with van der Waals surface area (Å²) in [6.07, 6.45) is 5.61. The van der Waals surface area contributed by atoms with E-state index < -0.39 is 5.60 Å². The summed E-state index contributed by atoms with van der Waals surface area (Å²) in [6, 6.07) is 8.03. The van der Waals surface area contributed by atoms with Gasteiger partial charge in [-0.2, -0.15) is 0 Å². The Morgan fingerprint density at radius 2 is 2.16 bits per heavy atom. The summed E-state index contributed by atoms with van der Waals surface area (Å²) < 4.78 is 0. The SMILES string of the molecule is CN=Cc1cc(-c2ccc3cc(C(C)(O)C4CC4)sc3n2)cnc1N. The average molecular weight is 352 g/mol. The van der Waals surface area contributed by atoms with Gasteiger partial charge < -0.3 is 10.8 Å². The zero-order valence-corrected chi connectivity index (χ0v) is 15.0. The van der Waals surface area contributed by atoms with Gasteiger partial charge in [0.1, 0.15) is 10.6 Å². The summed E-state index contributed by atoms with van der Waals surface area (Å²) in [7, 11) is 1.70. The Bertz CT molecular complexity index is 973. The van der Waals surface area contributed by atoms with Crippen molar-refractivity contribution in [3.8, 4) is 11.3 Å². The second-order valence-corrected chi connectivity index (χ2v) is 7.74. The highest BCUT2D eigenvalue weighted by Crippen LogP contribution is 2.48. The normalized spacial score (nSPS) is 17.2. The fourth-order valence-corrected chi connectivity index (χ4v) is 4.21. The Labute approximate surface area is 150 Å². The van der Waals surface area contributed by atoms with E-state index in [1.165, 1.54) is 0 Å². The van der Waals surface area contributed by atoms with E-state index in [1.807, 2.05) is 25.1 Å². The van der Waals surface area contributed by atoms with Gasteiger partial charge in [0.15, 0.2) is 0 Å². The highest BCUT2D eigenvalue weighted by Gasteiger charge is 2.42. The smallest absolute Gasteiger partial charge is 0.132 e. The molecule has 4 rings (SSSR count). The van der Waals surface area contributed by atoms with Crippen LogP contribution in [-0.2, 0) is 5.60 Å². The summed E-state index contributed by atoms with van der Waals surface area (Å²) in [6.45, 7) is 1.91. The van der Waals surface area contributed by atoms with E-state index in [0.29, 0.717) is 11.7 Å². The van der Waals surface area contributed by atoms with Crippen molar-refractivity contribution in [2.24, 2.45) is 10.9 Å². The standard InChI is InChI=1S/C19H20N4OS/c1-19(24,14-4-5-14)16-8-11-3-6-15(23-18(11)25-16)12-7-13(9-21-2)17(20)22-10-12/h3,6-10,14,24H,4-5H2,1-2H3,(H2,20,22). The van der Waals surface area contributed by atoms with E-state index in [-0.39, 0.29) is 0 Å². The van der Waals surface area contributed by atoms with Gasteiger partial charge >= 0.3 is 0 Å². The number of pyridine rings is 2. The molecule has 128 valence electrons. The number of hydrogen-bond acceptors (Lipinski definition) is 6. The molecule has 25 heavy (non-hydrogen) atoms. The second kappa shape index (κ2) is 5.89. The van der Waals surface area contributed by atoms with Crippen LogP contribution in [0.5, 0.6) is 0 Å². The van der Waals surface area contributed by atoms with Crippen LogP contribution in [-0.4, -0.2) is 28.3 Å². The molecule has 0 radical (unpaired) electrons. The molecule has 1 fully saturated rings. The quantitative estimate of drug-likeness (QED) is 0.703. The summed E-state index contributed by atoms with van der Waals surface area (Å²) in [4.78, 5) is 14.9. The van der Waals surface area contributed by atoms with Gasteiger partial charge in [0.25, 0.3) is 0 Å². The summed E-state index contributed by atoms with van der Waals surface area (Å²) in [5, 5.41) is 11.8. The van der Waals surface area contributed by atoms with Gasteiger partial charge in [0, 0.05) is 40.8 Å². The Kier molecular flexibility index (Phi) is 3.81. The molecule has 1 unspecified atom stereocenters. The van der Waals surface area contributed by atoms with E-state index in [1.54, 1.807) is 30.8 Å². The molecule has 1 aliphatic carbocycles. The van der Waals surface area contributed by atoms with E-state index in [2.05, 4.69) is 16.0 Å². The van der Waals surface area contributed by atoms with E-state index >= 15 is 0 Å². The lowest BCUT2D eigenvalue weighted by molar-refractivity contribution is 0.0369. The third-order valence-corrected chi connectivity index (χ3v) is 6.04. The zero-order valence-electron chi connectivity index (χ0n) is 14.2. The van der Waals surface area contributed by atoms with Crippen molar-refractivity contribution in [2.45, 2.75) is 25.4 Å². The van der Waals surface area contributed by atoms with Gasteiger partial charge in [0.05, 0.1) is 11.3 Å². The van der Waals surface area contributed by atoms with Crippen LogP contribution in [0.25, 0.3) is 21.5 Å². The zero-order chi connectivity index (χ0) is 17.6. The number of thiophene rings is 1. The summed E-state index contributed by atoms with van der Waals surface area (Å²) in [5.74, 6) is 0.825. The van der Waals surface area contributed by atoms with Crippen LogP contribution in [0.15, 0.2) is 35.5 Å². The number of rotatable bonds is 4. The molecule has 0 aliphatic heterocycles. The molecule has 0 spiro atoms. The van der Waals surface area contributed by atoms with Crippen molar-refractivity contribution in [2.75, 3.05) is 12.8 Å². The maximum Gasteiger partial charge on any atom is 0.132 e. The molecular weight excluding hydrogens is 332 g/mol. The molecule has 3 heterocycles. The lowest BCUT2D eigenvalue weighted by Crippen LogP contribution is -2.21. The minimum absolute atomic E-state index is 0.372. The lowest BCUT2D eigenvalue weighted by Gasteiger charge is -2.20. The molecule has 3 aromatic rings. The minimum Gasteiger partial charge on any atom is -0.384 e. The first-order valence-corrected chi connectivity index (χ1v) is 9.12. The summed E-state index contributed by atoms with van der Waals surface area (Å²) >= 11 is 1.57. The van der Waals surface area contributed by atoms with Gasteiger partial charge in [-0.05, 0) is 49.9 Å². The predicted molar refractivity (Wildman–Crippen MR) is 103 cm³/mol. The third kappa shape index (κ3) is 2.92. The van der Waals surface area contributed by atoms with Crippen LogP contribution in [0.4, 0.5) is 5.82 Å². The first-order chi connectivity index (χ1) is 12.0. The largest absolute Gasteiger partial charge is 0.384 e. The van der Waals surface area contributed by atoms with Gasteiger partial charge in [-0.3, -0.25) is 4.99 Å². The Balaban J connectivity index is 1.75. The van der Waals surface area contributed by atoms with E-state index in [4.69, 9.17) is 10.7 Å². The van der Waals surface area contributed by atoms with Crippen molar-refractivity contribution in [3.05, 3.63) is 40.9 Å². The van der Waals surface area contributed by atoms with Crippen molar-refractivity contribution in [3.63, 3.8) is 0 Å². The maximum absolute atomic E-state index is 10.8. The number of aromatic nitrogens is 2. The molecule has 3 aromatic heterocycles. The number of fused-ring (bicyclic) bond motifs is 1. The number of hydrogen-bond donors (Lipinski definition) is 2. The molecule has 6 heteroatoms. The van der Waals surface area contributed by atoms with Gasteiger partial charge in [-0.15, -0.1) is 11.3 Å². The molecule has 3 N–H and O–H groups in total. The van der Waals surface area contributed by atoms with Crippen LogP contribution in [0.3, 0.4) is 0 Å². The molecule has 0 aromatic carbocycles. The molecule has 0 amide bonds. The number of aliphatic imine (C=N–C) groups is 1. The van der Waals surface area contributed by atoms with Crippen LogP contribution >= 0.6 is 11.3 Å². The molecule has 1 saturated carbocycles. The Morgan fingerprint density at radius 3 is 2.88 bits per heavy atom. The predicted octanol–water partition coefficient (Wildman–Crippen LogP) is 3.61. The second-order valence-electron chi connectivity index (χ2n) is 6.71. The van der Waals surface area contributed by atoms with Crippen LogP contribution in [0.2, 0.25) is 0 Å². The minimum atomic E-state index is -0.751. The maximum atomic E-state index is 10.8. The van der Waals surface area contributed by atoms with E-state index in [0.717, 1.165) is 44.8 Å². The van der Waals surface area contributed by atoms with Crippen molar-refractivity contribution in [1.82, 2.24) is 9.97 Å². The summed E-state index contributed by atoms with van der Waals surface area (Å²) in [5.41, 5.74) is 7.65. The highest BCUT2D eigenvalue weighted by atomic mass is 32.1. The molecular formula is C19H20N4OS. The fraction of sp³-hybridized carbons (Fsp3) is 0.316. The Hall–Kier alpha value is -2.31. The van der Waals surface area contributed by atoms with Gasteiger partial charge in [0.2, 0.25) is 0 Å². The fourth-order valence-electron chi connectivity index (χ4n) is 3.05. The van der Waals surface area contributed by atoms with Crippen LogP contribution in [0.1, 0.15) is 30.2 Å². The molecule has 5 nitrogen and oxygen atoms in total. The number of nitrogen functional groups attached to an aromatic ring is 1. The van der Waals surface area contributed by atoms with Crippen molar-refractivity contribution >= 4 is 33.6 Å². The molecule has 1 atom stereocenters. The van der Waals surface area contributed by atoms with E-state index in [9.17, 15) is 5.11 Å². The number of anilines is 1. The van der Waals surface area contributed by atoms with Crippen molar-refractivity contribution in [1.29, 1.82) is 0 Å². The number of aliphatic hydroxyl groups is 1. The molecule has 0 bridgehead atoms. The van der Waals surface area contributed by atoms with Gasteiger partial charge in [-0.25, -0.2) is 9.97 Å². The van der Waals surface area contributed by atoms with Gasteiger partial charge in [-0.1, -0.05) is 0 Å². The third-order valence-electron chi connectivity index (χ3n) is 4.77. The number of nitrogens with zero attached hydrogens (tertiary/aromatic N) is 3. The monoisotopic (exact) mass is 352 g/mol. The molecule has 0 saturated heterocycles. The Morgan fingerprint density at radius 1 is 1.36 bits per heavy atom. The average Bonchev–Trinajstić information content (AvgIpc) is 3.36. The topological polar surface area (TPSA) is 84.4 Å². The van der Waals surface area contributed by atoms with Crippen molar-refractivity contribution < 1.29 is 5.11 Å². The lowest BCUT2D eigenvalue weighted by atomic mass is 9.98. The highest BCUT2D eigenvalue weighted by molar-refractivity contribution is 7.18. The first kappa shape index (κ1) is 16.2. The van der Waals surface area contributed by atoms with Crippen LogP contribution < -0.4 is 5.73 Å². The number of nitrogens with two attached hydrogens (primary N) is 1. The van der Waals surface area contributed by atoms with Crippen LogP contribution in [0, 0.1) is 5.92 Å². The molecule has 1 aliphatic rings. The first-order valence-electron chi connectivity index (χ1n) is 8.30.